The lowest BCUT2D eigenvalue weighted by Crippen LogP contribution is -2.49. The van der Waals surface area contributed by atoms with Crippen LogP contribution in [0.15, 0.2) is 24.3 Å². The van der Waals surface area contributed by atoms with E-state index in [9.17, 15) is 12.8 Å². The Kier molecular flexibility index (Phi) is 6.99. The molecule has 0 atom stereocenters. The van der Waals surface area contributed by atoms with Gasteiger partial charge in [-0.1, -0.05) is 25.5 Å². The van der Waals surface area contributed by atoms with Crippen LogP contribution in [0.5, 0.6) is 0 Å². The number of benzene rings is 1. The molecule has 0 radical (unpaired) electrons. The average Bonchev–Trinajstić information content (AvgIpc) is 2.54. The van der Waals surface area contributed by atoms with E-state index in [1.165, 1.54) is 6.07 Å². The second-order valence-corrected chi connectivity index (χ2v) is 8.23. The number of hydrogen-bond acceptors (Lipinski definition) is 3. The summed E-state index contributed by atoms with van der Waals surface area (Å²) in [6.45, 7) is 5.69. The molecule has 0 bridgehead atoms. The van der Waals surface area contributed by atoms with Crippen LogP contribution >= 0.6 is 0 Å². The quantitative estimate of drug-likeness (QED) is 0.729. The molecule has 23 heavy (non-hydrogen) atoms. The predicted molar refractivity (Wildman–Crippen MR) is 91.4 cm³/mol. The van der Waals surface area contributed by atoms with Crippen LogP contribution in [0.25, 0.3) is 0 Å². The lowest BCUT2D eigenvalue weighted by atomic mass is 10.1. The fraction of sp³-hybridized carbons (Fsp3) is 0.647. The lowest BCUT2D eigenvalue weighted by Gasteiger charge is -2.34. The van der Waals surface area contributed by atoms with Crippen molar-refractivity contribution in [2.45, 2.75) is 32.6 Å². The summed E-state index contributed by atoms with van der Waals surface area (Å²) in [5.74, 6) is 0.0803. The van der Waals surface area contributed by atoms with Gasteiger partial charge in [0.15, 0.2) is 0 Å². The summed E-state index contributed by atoms with van der Waals surface area (Å²) in [7, 11) is -3.07. The van der Waals surface area contributed by atoms with Crippen molar-refractivity contribution in [2.24, 2.45) is 0 Å². The molecule has 1 aliphatic rings. The second kappa shape index (κ2) is 8.76. The number of halogens is 1. The highest BCUT2D eigenvalue weighted by Crippen LogP contribution is 2.11. The van der Waals surface area contributed by atoms with Crippen molar-refractivity contribution >= 4 is 10.0 Å². The zero-order chi connectivity index (χ0) is 16.7. The van der Waals surface area contributed by atoms with E-state index in [1.807, 2.05) is 13.0 Å². The van der Waals surface area contributed by atoms with E-state index in [0.717, 1.165) is 50.9 Å². The van der Waals surface area contributed by atoms with Crippen molar-refractivity contribution in [2.75, 3.05) is 38.5 Å². The van der Waals surface area contributed by atoms with Gasteiger partial charge in [-0.15, -0.1) is 0 Å². The zero-order valence-electron chi connectivity index (χ0n) is 13.9. The summed E-state index contributed by atoms with van der Waals surface area (Å²) in [6.07, 6.45) is 3.45. The summed E-state index contributed by atoms with van der Waals surface area (Å²) in [5, 5.41) is 0. The van der Waals surface area contributed by atoms with Crippen molar-refractivity contribution in [1.82, 2.24) is 9.21 Å². The lowest BCUT2D eigenvalue weighted by molar-refractivity contribution is 0.187. The highest BCUT2D eigenvalue weighted by atomic mass is 32.2. The number of aryl methyl sites for hydroxylation is 1. The summed E-state index contributed by atoms with van der Waals surface area (Å²) < 4.78 is 39.1. The Morgan fingerprint density at radius 3 is 2.52 bits per heavy atom. The smallest absolute Gasteiger partial charge is 0.214 e. The van der Waals surface area contributed by atoms with Gasteiger partial charge in [0.05, 0.1) is 5.75 Å². The van der Waals surface area contributed by atoms with Crippen molar-refractivity contribution in [3.63, 3.8) is 0 Å². The zero-order valence-corrected chi connectivity index (χ0v) is 14.7. The van der Waals surface area contributed by atoms with Crippen LogP contribution in [-0.4, -0.2) is 56.1 Å². The maximum absolute atomic E-state index is 13.1. The molecular weight excluding hydrogens is 315 g/mol. The molecule has 2 rings (SSSR count). The van der Waals surface area contributed by atoms with Crippen molar-refractivity contribution in [3.8, 4) is 0 Å². The van der Waals surface area contributed by atoms with E-state index < -0.39 is 10.0 Å². The molecule has 1 aliphatic heterocycles. The van der Waals surface area contributed by atoms with Gasteiger partial charge in [0.2, 0.25) is 10.0 Å². The van der Waals surface area contributed by atoms with Crippen molar-refractivity contribution in [3.05, 3.63) is 35.6 Å². The van der Waals surface area contributed by atoms with E-state index >= 15 is 0 Å². The van der Waals surface area contributed by atoms with Gasteiger partial charge >= 0.3 is 0 Å². The van der Waals surface area contributed by atoms with E-state index in [4.69, 9.17) is 0 Å². The van der Waals surface area contributed by atoms with Crippen LogP contribution < -0.4 is 0 Å². The molecular formula is C17H27FN2O2S. The molecule has 0 unspecified atom stereocenters. The monoisotopic (exact) mass is 342 g/mol. The Bertz CT molecular complexity index is 584. The van der Waals surface area contributed by atoms with Crippen molar-refractivity contribution in [1.29, 1.82) is 0 Å². The Morgan fingerprint density at radius 1 is 1.13 bits per heavy atom. The predicted octanol–water partition coefficient (Wildman–Crippen LogP) is 2.51. The van der Waals surface area contributed by atoms with Crippen molar-refractivity contribution < 1.29 is 12.8 Å². The molecule has 1 aromatic rings. The molecule has 0 saturated carbocycles. The molecule has 0 amide bonds. The molecule has 0 spiro atoms. The topological polar surface area (TPSA) is 40.6 Å². The van der Waals surface area contributed by atoms with Crippen LogP contribution in [-0.2, 0) is 16.4 Å². The van der Waals surface area contributed by atoms with Crippen LogP contribution in [0.1, 0.15) is 31.7 Å². The molecule has 0 N–H and O–H groups in total. The Morgan fingerprint density at radius 2 is 1.87 bits per heavy atom. The molecule has 1 fully saturated rings. The fourth-order valence-corrected chi connectivity index (χ4v) is 4.52. The summed E-state index contributed by atoms with van der Waals surface area (Å²) in [6, 6.07) is 6.73. The minimum absolute atomic E-state index is 0.187. The van der Waals surface area contributed by atoms with Gasteiger partial charge in [0.25, 0.3) is 0 Å². The molecule has 1 heterocycles. The largest absolute Gasteiger partial charge is 0.301 e. The summed E-state index contributed by atoms with van der Waals surface area (Å²) in [5.41, 5.74) is 1.02. The van der Waals surface area contributed by atoms with Gasteiger partial charge in [-0.3, -0.25) is 0 Å². The molecule has 4 nitrogen and oxygen atoms in total. The fourth-order valence-electron chi connectivity index (χ4n) is 2.89. The molecule has 0 aliphatic carbocycles. The molecule has 1 saturated heterocycles. The molecule has 130 valence electrons. The number of rotatable bonds is 8. The second-order valence-electron chi connectivity index (χ2n) is 6.14. The minimum Gasteiger partial charge on any atom is -0.301 e. The number of unbranched alkanes of at least 4 members (excludes halogenated alkanes) is 1. The molecule has 1 aromatic carbocycles. The normalized spacial score (nSPS) is 17.5. The average molecular weight is 342 g/mol. The first kappa shape index (κ1) is 18.4. The van der Waals surface area contributed by atoms with E-state index in [-0.39, 0.29) is 11.6 Å². The minimum atomic E-state index is -3.07. The van der Waals surface area contributed by atoms with Crippen LogP contribution in [0.4, 0.5) is 4.39 Å². The number of hydrogen-bond donors (Lipinski definition) is 0. The Labute approximate surface area is 139 Å². The standard InChI is InChI=1S/C17H27FN2O2S/c1-2-3-14-23(21,22)20-12-10-19(11-13-20)9-5-7-16-6-4-8-17(18)15-16/h4,6,8,15H,2-3,5,7,9-14H2,1H3. The van der Waals surface area contributed by atoms with Gasteiger partial charge in [0.1, 0.15) is 5.82 Å². The van der Waals surface area contributed by atoms with Gasteiger partial charge in [-0.25, -0.2) is 12.8 Å². The number of sulfonamides is 1. The van der Waals surface area contributed by atoms with Gasteiger partial charge in [-0.05, 0) is 43.5 Å². The van der Waals surface area contributed by atoms with Crippen LogP contribution in [0.3, 0.4) is 0 Å². The van der Waals surface area contributed by atoms with E-state index in [2.05, 4.69) is 4.90 Å². The Hall–Kier alpha value is -0.980. The first-order chi connectivity index (χ1) is 11.0. The van der Waals surface area contributed by atoms with Gasteiger partial charge in [0, 0.05) is 26.2 Å². The molecule has 6 heteroatoms. The van der Waals surface area contributed by atoms with E-state index in [0.29, 0.717) is 13.1 Å². The van der Waals surface area contributed by atoms with Gasteiger partial charge in [-0.2, -0.15) is 4.31 Å². The third-order valence-electron chi connectivity index (χ3n) is 4.31. The third kappa shape index (κ3) is 5.86. The highest BCUT2D eigenvalue weighted by Gasteiger charge is 2.25. The SMILES string of the molecule is CCCCS(=O)(=O)N1CCN(CCCc2cccc(F)c2)CC1. The molecule has 0 aromatic heterocycles. The van der Waals surface area contributed by atoms with E-state index in [1.54, 1.807) is 16.4 Å². The summed E-state index contributed by atoms with van der Waals surface area (Å²) >= 11 is 0. The third-order valence-corrected chi connectivity index (χ3v) is 6.27. The summed E-state index contributed by atoms with van der Waals surface area (Å²) in [4.78, 5) is 2.30. The highest BCUT2D eigenvalue weighted by molar-refractivity contribution is 7.89. The number of piperazine rings is 1. The first-order valence-corrected chi connectivity index (χ1v) is 10.1. The van der Waals surface area contributed by atoms with Gasteiger partial charge < -0.3 is 4.90 Å². The first-order valence-electron chi connectivity index (χ1n) is 8.46. The maximum Gasteiger partial charge on any atom is 0.214 e. The maximum atomic E-state index is 13.1. The Balaban J connectivity index is 1.70. The van der Waals surface area contributed by atoms with Crippen LogP contribution in [0, 0.1) is 5.82 Å². The number of nitrogens with zero attached hydrogens (tertiary/aromatic N) is 2. The van der Waals surface area contributed by atoms with Crippen LogP contribution in [0.2, 0.25) is 0 Å².